The van der Waals surface area contributed by atoms with E-state index < -0.39 is 5.60 Å². The average Bonchev–Trinajstić information content (AvgIpc) is 2.38. The molecular weight excluding hydrogens is 232 g/mol. The van der Waals surface area contributed by atoms with Crippen molar-refractivity contribution in [2.24, 2.45) is 5.92 Å². The van der Waals surface area contributed by atoms with Crippen LogP contribution >= 0.6 is 0 Å². The molecule has 3 N–H and O–H groups in total. The summed E-state index contributed by atoms with van der Waals surface area (Å²) in [6.07, 6.45) is 3.90. The molecule has 0 aromatic rings. The lowest BCUT2D eigenvalue weighted by Gasteiger charge is -2.32. The predicted molar refractivity (Wildman–Crippen MR) is 68.2 cm³/mol. The highest BCUT2D eigenvalue weighted by Gasteiger charge is 2.31. The van der Waals surface area contributed by atoms with Crippen LogP contribution in [-0.4, -0.2) is 49.5 Å². The molecule has 0 spiro atoms. The lowest BCUT2D eigenvalue weighted by molar-refractivity contribution is -0.127. The summed E-state index contributed by atoms with van der Waals surface area (Å²) in [5.74, 6) is 0.495. The third-order valence-corrected chi connectivity index (χ3v) is 3.87. The van der Waals surface area contributed by atoms with E-state index in [1.54, 1.807) is 0 Å². The number of rotatable bonds is 4. The van der Waals surface area contributed by atoms with Crippen LogP contribution in [0.3, 0.4) is 0 Å². The maximum absolute atomic E-state index is 11.8. The largest absolute Gasteiger partial charge is 0.388 e. The summed E-state index contributed by atoms with van der Waals surface area (Å²) in [5, 5.41) is 16.3. The highest BCUT2D eigenvalue weighted by Crippen LogP contribution is 2.20. The molecule has 2 aliphatic heterocycles. The Bertz CT molecular complexity index is 271. The first-order valence-electron chi connectivity index (χ1n) is 6.95. The molecule has 1 atom stereocenters. The number of ether oxygens (including phenoxy) is 1. The van der Waals surface area contributed by atoms with Crippen LogP contribution in [0.1, 0.15) is 32.1 Å². The minimum absolute atomic E-state index is 0.0345. The van der Waals surface area contributed by atoms with Gasteiger partial charge >= 0.3 is 0 Å². The number of amides is 1. The Morgan fingerprint density at radius 1 is 1.44 bits per heavy atom. The summed E-state index contributed by atoms with van der Waals surface area (Å²) in [4.78, 5) is 11.8. The van der Waals surface area contributed by atoms with E-state index in [1.165, 1.54) is 0 Å². The second-order valence-corrected chi connectivity index (χ2v) is 5.54. The maximum Gasteiger partial charge on any atom is 0.222 e. The summed E-state index contributed by atoms with van der Waals surface area (Å²) in [7, 11) is 0. The van der Waals surface area contributed by atoms with Crippen LogP contribution in [0.4, 0.5) is 0 Å². The molecule has 104 valence electrons. The number of aliphatic hydroxyl groups is 1. The van der Waals surface area contributed by atoms with Gasteiger partial charge in [-0.2, -0.15) is 0 Å². The van der Waals surface area contributed by atoms with Crippen molar-refractivity contribution in [2.75, 3.05) is 32.8 Å². The van der Waals surface area contributed by atoms with Crippen molar-refractivity contribution >= 4 is 5.91 Å². The number of piperidine rings is 1. The Balaban J connectivity index is 1.67. The van der Waals surface area contributed by atoms with E-state index in [0.717, 1.165) is 39.0 Å². The molecule has 2 aliphatic rings. The summed E-state index contributed by atoms with van der Waals surface area (Å²) >= 11 is 0. The maximum atomic E-state index is 11.8. The minimum atomic E-state index is -0.849. The average molecular weight is 256 g/mol. The SMILES string of the molecule is O=C(CC1(O)CCCNC1)NCC1CCOCC1. The van der Waals surface area contributed by atoms with Crippen molar-refractivity contribution in [3.63, 3.8) is 0 Å². The van der Waals surface area contributed by atoms with Crippen LogP contribution in [-0.2, 0) is 9.53 Å². The summed E-state index contributed by atoms with van der Waals surface area (Å²) < 4.78 is 5.28. The van der Waals surface area contributed by atoms with Gasteiger partial charge in [-0.25, -0.2) is 0 Å². The van der Waals surface area contributed by atoms with Crippen LogP contribution in [0.5, 0.6) is 0 Å². The fraction of sp³-hybridized carbons (Fsp3) is 0.923. The topological polar surface area (TPSA) is 70.6 Å². The second kappa shape index (κ2) is 6.50. The van der Waals surface area contributed by atoms with Crippen LogP contribution in [0.15, 0.2) is 0 Å². The van der Waals surface area contributed by atoms with Crippen LogP contribution in [0.2, 0.25) is 0 Å². The smallest absolute Gasteiger partial charge is 0.222 e. The first-order valence-corrected chi connectivity index (χ1v) is 6.95. The molecule has 18 heavy (non-hydrogen) atoms. The number of carbonyl (C=O) groups excluding carboxylic acids is 1. The molecule has 0 saturated carbocycles. The van der Waals surface area contributed by atoms with Crippen LogP contribution < -0.4 is 10.6 Å². The van der Waals surface area contributed by atoms with E-state index in [0.29, 0.717) is 25.4 Å². The zero-order valence-electron chi connectivity index (χ0n) is 10.9. The molecule has 0 aromatic carbocycles. The molecule has 1 amide bonds. The van der Waals surface area contributed by atoms with Gasteiger partial charge in [-0.05, 0) is 38.1 Å². The van der Waals surface area contributed by atoms with Gasteiger partial charge in [-0.15, -0.1) is 0 Å². The highest BCUT2D eigenvalue weighted by atomic mass is 16.5. The van der Waals surface area contributed by atoms with Gasteiger partial charge in [0.15, 0.2) is 0 Å². The van der Waals surface area contributed by atoms with E-state index >= 15 is 0 Å². The Labute approximate surface area is 108 Å². The molecule has 2 saturated heterocycles. The third-order valence-electron chi connectivity index (χ3n) is 3.87. The van der Waals surface area contributed by atoms with Crippen molar-refractivity contribution in [1.82, 2.24) is 10.6 Å². The van der Waals surface area contributed by atoms with E-state index in [4.69, 9.17) is 4.74 Å². The lowest BCUT2D eigenvalue weighted by Crippen LogP contribution is -2.48. The number of hydrogen-bond acceptors (Lipinski definition) is 4. The number of hydrogen-bond donors (Lipinski definition) is 3. The van der Waals surface area contributed by atoms with Gasteiger partial charge in [-0.3, -0.25) is 4.79 Å². The standard InChI is InChI=1S/C13H24N2O3/c16-12(8-13(17)4-1-5-14-10-13)15-9-11-2-6-18-7-3-11/h11,14,17H,1-10H2,(H,15,16). The van der Waals surface area contributed by atoms with Crippen LogP contribution in [0, 0.1) is 5.92 Å². The highest BCUT2D eigenvalue weighted by molar-refractivity contribution is 5.77. The van der Waals surface area contributed by atoms with Gasteiger partial charge in [0, 0.05) is 26.3 Å². The zero-order chi connectivity index (χ0) is 12.8. The monoisotopic (exact) mass is 256 g/mol. The number of carbonyl (C=O) groups is 1. The van der Waals surface area contributed by atoms with E-state index in [1.807, 2.05) is 0 Å². The summed E-state index contributed by atoms with van der Waals surface area (Å²) in [6, 6.07) is 0. The molecule has 0 aromatic heterocycles. The van der Waals surface area contributed by atoms with Crippen molar-refractivity contribution < 1.29 is 14.6 Å². The normalized spacial score (nSPS) is 30.1. The fourth-order valence-corrected chi connectivity index (χ4v) is 2.67. The molecule has 0 aliphatic carbocycles. The molecule has 2 heterocycles. The van der Waals surface area contributed by atoms with Gasteiger partial charge in [0.05, 0.1) is 12.0 Å². The van der Waals surface area contributed by atoms with Crippen molar-refractivity contribution in [3.05, 3.63) is 0 Å². The minimum Gasteiger partial charge on any atom is -0.388 e. The molecule has 2 rings (SSSR count). The van der Waals surface area contributed by atoms with Crippen molar-refractivity contribution in [1.29, 1.82) is 0 Å². The third kappa shape index (κ3) is 4.23. The molecule has 0 bridgehead atoms. The Kier molecular flexibility index (Phi) is 4.97. The quantitative estimate of drug-likeness (QED) is 0.664. The first-order chi connectivity index (χ1) is 8.68. The van der Waals surface area contributed by atoms with Crippen molar-refractivity contribution in [2.45, 2.75) is 37.7 Å². The van der Waals surface area contributed by atoms with E-state index in [-0.39, 0.29) is 12.3 Å². The molecule has 1 unspecified atom stereocenters. The van der Waals surface area contributed by atoms with Gasteiger partial charge < -0.3 is 20.5 Å². The summed E-state index contributed by atoms with van der Waals surface area (Å²) in [5.41, 5.74) is -0.849. The van der Waals surface area contributed by atoms with Gasteiger partial charge in [0.2, 0.25) is 5.91 Å². The van der Waals surface area contributed by atoms with Gasteiger partial charge in [0.25, 0.3) is 0 Å². The molecule has 2 fully saturated rings. The molecular formula is C13H24N2O3. The fourth-order valence-electron chi connectivity index (χ4n) is 2.67. The first kappa shape index (κ1) is 13.8. The Morgan fingerprint density at radius 2 is 2.22 bits per heavy atom. The Hall–Kier alpha value is -0.650. The second-order valence-electron chi connectivity index (χ2n) is 5.54. The van der Waals surface area contributed by atoms with E-state index in [9.17, 15) is 9.90 Å². The van der Waals surface area contributed by atoms with Crippen molar-refractivity contribution in [3.8, 4) is 0 Å². The van der Waals surface area contributed by atoms with Gasteiger partial charge in [0.1, 0.15) is 0 Å². The lowest BCUT2D eigenvalue weighted by atomic mass is 9.90. The van der Waals surface area contributed by atoms with Gasteiger partial charge in [-0.1, -0.05) is 0 Å². The van der Waals surface area contributed by atoms with E-state index in [2.05, 4.69) is 10.6 Å². The Morgan fingerprint density at radius 3 is 2.89 bits per heavy atom. The zero-order valence-corrected chi connectivity index (χ0v) is 10.9. The molecule has 5 heteroatoms. The number of nitrogens with one attached hydrogen (secondary N) is 2. The molecule has 0 radical (unpaired) electrons. The summed E-state index contributed by atoms with van der Waals surface area (Å²) in [6.45, 7) is 3.78. The molecule has 5 nitrogen and oxygen atoms in total. The predicted octanol–water partition coefficient (Wildman–Crippen LogP) is 0.0338. The number of β-amino-alcohol motifs (C(OH)–C–C–N with tert-alkyl or cyclic N) is 1. The van der Waals surface area contributed by atoms with Crippen LogP contribution in [0.25, 0.3) is 0 Å².